The summed E-state index contributed by atoms with van der Waals surface area (Å²) in [7, 11) is 0. The molecular weight excluding hydrogens is 201 g/mol. The number of hydrogen-bond acceptors (Lipinski definition) is 1. The molecule has 13 heavy (non-hydrogen) atoms. The van der Waals surface area contributed by atoms with Crippen LogP contribution in [0.5, 0.6) is 0 Å². The first-order valence-corrected chi connectivity index (χ1v) is 7.84. The van der Waals surface area contributed by atoms with Crippen LogP contribution in [-0.4, -0.2) is 17.8 Å². The second kappa shape index (κ2) is 6.91. The highest BCUT2D eigenvalue weighted by Gasteiger charge is 2.14. The number of unbranched alkanes of at least 4 members (excludes halogenated alkanes) is 2. The molecule has 0 amide bonds. The number of hydrogen-bond donors (Lipinski definition) is 2. The van der Waals surface area contributed by atoms with Gasteiger partial charge in [0.05, 0.1) is 0 Å². The lowest BCUT2D eigenvalue weighted by molar-refractivity contribution is 0.429. The molecule has 0 spiro atoms. The van der Waals surface area contributed by atoms with Gasteiger partial charge in [-0.15, -0.1) is 0 Å². The van der Waals surface area contributed by atoms with E-state index < -0.39 is 6.49 Å². The molecule has 0 atom stereocenters. The van der Waals surface area contributed by atoms with Gasteiger partial charge in [0, 0.05) is 13.1 Å². The molecule has 0 aromatic rings. The summed E-state index contributed by atoms with van der Waals surface area (Å²) in [5.74, 6) is 0. The van der Waals surface area contributed by atoms with Crippen molar-refractivity contribution in [2.24, 2.45) is 11.0 Å². The van der Waals surface area contributed by atoms with Crippen LogP contribution in [0.15, 0.2) is 0 Å². The fourth-order valence-electron chi connectivity index (χ4n) is 1.11. The van der Waals surface area contributed by atoms with E-state index in [4.69, 9.17) is 22.8 Å². The van der Waals surface area contributed by atoms with Gasteiger partial charge in [-0.2, -0.15) is 0 Å². The third-order valence-corrected chi connectivity index (χ3v) is 3.96. The normalized spacial score (nSPS) is 12.4. The fraction of sp³-hybridized carbons (Fsp3) is 1.00. The van der Waals surface area contributed by atoms with Gasteiger partial charge in [-0.25, -0.2) is 0 Å². The zero-order chi connectivity index (χ0) is 10.3. The lowest BCUT2D eigenvalue weighted by Gasteiger charge is -2.28. The Balaban J connectivity index is 3.96. The van der Waals surface area contributed by atoms with E-state index in [1.807, 2.05) is 0 Å². The van der Waals surface area contributed by atoms with Crippen molar-refractivity contribution in [3.05, 3.63) is 0 Å². The molecule has 0 aliphatic heterocycles. The summed E-state index contributed by atoms with van der Waals surface area (Å²) in [5.41, 5.74) is 11.6. The van der Waals surface area contributed by atoms with Crippen molar-refractivity contribution >= 4 is 18.3 Å². The minimum absolute atomic E-state index is 0.959. The summed E-state index contributed by atoms with van der Waals surface area (Å²) >= 11 is 5.13. The van der Waals surface area contributed by atoms with Crippen LogP contribution in [-0.2, 0) is 11.8 Å². The molecule has 0 fully saturated rings. The number of nitrogens with zero attached hydrogens (tertiary/aromatic N) is 1. The van der Waals surface area contributed by atoms with Gasteiger partial charge in [0.2, 0.25) is 0 Å². The summed E-state index contributed by atoms with van der Waals surface area (Å²) in [4.78, 5) is 0. The van der Waals surface area contributed by atoms with Crippen LogP contribution in [0, 0.1) is 0 Å². The zero-order valence-corrected chi connectivity index (χ0v) is 10.4. The Hall–Kier alpha value is 0.530. The largest absolute Gasteiger partial charge is 0.279 e. The van der Waals surface area contributed by atoms with Gasteiger partial charge in [0.15, 0.2) is 0 Å². The van der Waals surface area contributed by atoms with E-state index in [9.17, 15) is 0 Å². The molecule has 0 unspecified atom stereocenters. The highest BCUT2D eigenvalue weighted by molar-refractivity contribution is 8.11. The SMILES string of the molecule is CCCCN(CCCC)P(N)(N)=S. The lowest BCUT2D eigenvalue weighted by atomic mass is 10.3. The van der Waals surface area contributed by atoms with Crippen molar-refractivity contribution < 1.29 is 0 Å². The van der Waals surface area contributed by atoms with Crippen molar-refractivity contribution in [3.63, 3.8) is 0 Å². The van der Waals surface area contributed by atoms with Crippen LogP contribution >= 0.6 is 6.49 Å². The lowest BCUT2D eigenvalue weighted by Crippen LogP contribution is -2.30. The van der Waals surface area contributed by atoms with Crippen molar-refractivity contribution in [2.45, 2.75) is 39.5 Å². The minimum Gasteiger partial charge on any atom is -0.279 e. The van der Waals surface area contributed by atoms with Gasteiger partial charge in [-0.05, 0) is 24.6 Å². The molecule has 0 heterocycles. The van der Waals surface area contributed by atoms with Gasteiger partial charge in [-0.1, -0.05) is 26.7 Å². The third kappa shape index (κ3) is 6.58. The molecule has 0 aromatic carbocycles. The number of rotatable bonds is 7. The summed E-state index contributed by atoms with van der Waals surface area (Å²) in [6.45, 7) is 4.07. The first-order valence-electron chi connectivity index (χ1n) is 4.95. The van der Waals surface area contributed by atoms with Gasteiger partial charge in [0.25, 0.3) is 0 Å². The van der Waals surface area contributed by atoms with Crippen LogP contribution in [0.1, 0.15) is 39.5 Å². The van der Waals surface area contributed by atoms with Gasteiger partial charge < -0.3 is 0 Å². The average Bonchev–Trinajstić information content (AvgIpc) is 2.02. The van der Waals surface area contributed by atoms with E-state index >= 15 is 0 Å². The standard InChI is InChI=1S/C8H22N3PS/c1-3-5-7-11(8-6-4-2)12(9,10)13/h3-8H2,1-2H3,(H4,9,10,13). The Bertz CT molecular complexity index is 161. The zero-order valence-electron chi connectivity index (χ0n) is 8.70. The highest BCUT2D eigenvalue weighted by atomic mass is 32.4. The van der Waals surface area contributed by atoms with Crippen LogP contribution in [0.2, 0.25) is 0 Å². The summed E-state index contributed by atoms with van der Waals surface area (Å²) in [6.07, 6.45) is 4.60. The molecule has 80 valence electrons. The second-order valence-corrected chi connectivity index (χ2v) is 7.00. The smallest absolute Gasteiger partial charge is 0.135 e. The second-order valence-electron chi connectivity index (χ2n) is 3.33. The quantitative estimate of drug-likeness (QED) is 0.648. The molecule has 0 aromatic heterocycles. The molecule has 0 radical (unpaired) electrons. The Labute approximate surface area is 87.0 Å². The molecule has 3 nitrogen and oxygen atoms in total. The molecule has 5 heteroatoms. The van der Waals surface area contributed by atoms with Crippen LogP contribution in [0.4, 0.5) is 0 Å². The van der Waals surface area contributed by atoms with Crippen molar-refractivity contribution in [2.75, 3.05) is 13.1 Å². The molecular formula is C8H22N3PS. The van der Waals surface area contributed by atoms with Crippen LogP contribution < -0.4 is 11.0 Å². The first kappa shape index (κ1) is 13.5. The summed E-state index contributed by atoms with van der Waals surface area (Å²) < 4.78 is 2.09. The van der Waals surface area contributed by atoms with Crippen LogP contribution in [0.3, 0.4) is 0 Å². The summed E-state index contributed by atoms with van der Waals surface area (Å²) in [6, 6.07) is 0. The fourth-order valence-corrected chi connectivity index (χ4v) is 2.50. The highest BCUT2D eigenvalue weighted by Crippen LogP contribution is 2.32. The van der Waals surface area contributed by atoms with Gasteiger partial charge in [0.1, 0.15) is 6.49 Å². The topological polar surface area (TPSA) is 55.3 Å². The summed E-state index contributed by atoms with van der Waals surface area (Å²) in [5, 5.41) is 0. The monoisotopic (exact) mass is 223 g/mol. The Morgan fingerprint density at radius 1 is 1.08 bits per heavy atom. The Morgan fingerprint density at radius 2 is 1.46 bits per heavy atom. The average molecular weight is 223 g/mol. The van der Waals surface area contributed by atoms with Gasteiger partial charge in [-0.3, -0.25) is 15.7 Å². The maximum Gasteiger partial charge on any atom is 0.135 e. The van der Waals surface area contributed by atoms with E-state index in [0.29, 0.717) is 0 Å². The van der Waals surface area contributed by atoms with Crippen molar-refractivity contribution in [1.29, 1.82) is 0 Å². The number of nitrogens with two attached hydrogens (primary N) is 2. The van der Waals surface area contributed by atoms with E-state index in [0.717, 1.165) is 38.8 Å². The van der Waals surface area contributed by atoms with Crippen molar-refractivity contribution in [3.8, 4) is 0 Å². The van der Waals surface area contributed by atoms with Crippen LogP contribution in [0.25, 0.3) is 0 Å². The van der Waals surface area contributed by atoms with E-state index in [1.54, 1.807) is 0 Å². The molecule has 0 saturated carbocycles. The van der Waals surface area contributed by atoms with E-state index in [1.165, 1.54) is 0 Å². The van der Waals surface area contributed by atoms with E-state index in [2.05, 4.69) is 18.5 Å². The predicted molar refractivity (Wildman–Crippen MR) is 64.0 cm³/mol. The van der Waals surface area contributed by atoms with Crippen molar-refractivity contribution in [1.82, 2.24) is 4.67 Å². The molecule has 0 saturated heterocycles. The van der Waals surface area contributed by atoms with Gasteiger partial charge >= 0.3 is 0 Å². The molecule has 0 aliphatic carbocycles. The predicted octanol–water partition coefficient (Wildman–Crippen LogP) is 2.03. The minimum atomic E-state index is -2.17. The Morgan fingerprint density at radius 3 is 1.69 bits per heavy atom. The maximum absolute atomic E-state index is 5.79. The van der Waals surface area contributed by atoms with E-state index in [-0.39, 0.29) is 0 Å². The molecule has 0 rings (SSSR count). The molecule has 0 aliphatic rings. The Kier molecular flexibility index (Phi) is 7.19. The maximum atomic E-state index is 5.79. The molecule has 0 bridgehead atoms. The first-order chi connectivity index (χ1) is 6.02. The molecule has 4 N–H and O–H groups in total. The third-order valence-electron chi connectivity index (χ3n) is 1.98.